The minimum Gasteiger partial charge on any atom is -0.299 e. The van der Waals surface area contributed by atoms with Crippen molar-refractivity contribution in [2.24, 2.45) is 17.8 Å². The summed E-state index contributed by atoms with van der Waals surface area (Å²) in [5, 5.41) is 0. The molecule has 0 saturated heterocycles. The Morgan fingerprint density at radius 1 is 1.17 bits per heavy atom. The maximum absolute atomic E-state index is 11.6. The highest BCUT2D eigenvalue weighted by Crippen LogP contribution is 2.41. The molecule has 1 heteroatoms. The number of rotatable bonds is 0. The lowest BCUT2D eigenvalue weighted by molar-refractivity contribution is -0.129. The summed E-state index contributed by atoms with van der Waals surface area (Å²) in [4.78, 5) is 11.6. The molecule has 0 aromatic rings. The minimum atomic E-state index is 0.461. The Morgan fingerprint density at radius 2 is 1.92 bits per heavy atom. The smallest absolute Gasteiger partial charge is 0.136 e. The van der Waals surface area contributed by atoms with Crippen molar-refractivity contribution in [1.82, 2.24) is 0 Å². The lowest BCUT2D eigenvalue weighted by atomic mass is 9.65. The maximum Gasteiger partial charge on any atom is 0.136 e. The lowest BCUT2D eigenvalue weighted by Gasteiger charge is -2.38. The van der Waals surface area contributed by atoms with Crippen LogP contribution in [0.2, 0.25) is 0 Å². The SMILES string of the molecule is C[C@H]1CCC(=O)[C@H]2CCCC[C@H]21. The van der Waals surface area contributed by atoms with E-state index in [9.17, 15) is 4.79 Å². The van der Waals surface area contributed by atoms with Gasteiger partial charge in [0, 0.05) is 12.3 Å². The summed E-state index contributed by atoms with van der Waals surface area (Å²) in [5.41, 5.74) is 0. The van der Waals surface area contributed by atoms with Crippen molar-refractivity contribution >= 4 is 5.78 Å². The summed E-state index contributed by atoms with van der Waals surface area (Å²) >= 11 is 0. The highest BCUT2D eigenvalue weighted by molar-refractivity contribution is 5.82. The topological polar surface area (TPSA) is 17.1 Å². The van der Waals surface area contributed by atoms with Crippen molar-refractivity contribution in [3.05, 3.63) is 0 Å². The largest absolute Gasteiger partial charge is 0.299 e. The predicted octanol–water partition coefficient (Wildman–Crippen LogP) is 2.79. The zero-order valence-corrected chi connectivity index (χ0v) is 7.88. The van der Waals surface area contributed by atoms with E-state index in [1.54, 1.807) is 0 Å². The average Bonchev–Trinajstić information content (AvgIpc) is 2.12. The Morgan fingerprint density at radius 3 is 2.67 bits per heavy atom. The van der Waals surface area contributed by atoms with Gasteiger partial charge in [-0.25, -0.2) is 0 Å². The highest BCUT2D eigenvalue weighted by Gasteiger charge is 2.37. The highest BCUT2D eigenvalue weighted by atomic mass is 16.1. The number of hydrogen-bond donors (Lipinski definition) is 0. The van der Waals surface area contributed by atoms with Crippen LogP contribution in [0, 0.1) is 17.8 Å². The Labute approximate surface area is 74.5 Å². The predicted molar refractivity (Wildman–Crippen MR) is 48.9 cm³/mol. The molecule has 3 atom stereocenters. The molecule has 0 unspecified atom stereocenters. The number of carbonyl (C=O) groups is 1. The van der Waals surface area contributed by atoms with Crippen molar-refractivity contribution in [2.45, 2.75) is 45.4 Å². The number of fused-ring (bicyclic) bond motifs is 1. The van der Waals surface area contributed by atoms with Gasteiger partial charge in [-0.2, -0.15) is 0 Å². The molecule has 1 nitrogen and oxygen atoms in total. The van der Waals surface area contributed by atoms with Gasteiger partial charge in [-0.3, -0.25) is 4.79 Å². The molecule has 2 aliphatic rings. The monoisotopic (exact) mass is 166 g/mol. The van der Waals surface area contributed by atoms with E-state index in [1.165, 1.54) is 25.7 Å². The van der Waals surface area contributed by atoms with Crippen LogP contribution >= 0.6 is 0 Å². The number of ketones is 1. The summed E-state index contributed by atoms with van der Waals surface area (Å²) in [7, 11) is 0. The Bertz CT molecular complexity index is 185. The van der Waals surface area contributed by atoms with Crippen molar-refractivity contribution in [3.8, 4) is 0 Å². The third-order valence-electron chi connectivity index (χ3n) is 3.81. The molecule has 0 aromatic heterocycles. The molecule has 0 spiro atoms. The van der Waals surface area contributed by atoms with Crippen LogP contribution in [0.1, 0.15) is 45.4 Å². The molecule has 0 N–H and O–H groups in total. The van der Waals surface area contributed by atoms with Crippen molar-refractivity contribution < 1.29 is 4.79 Å². The first-order chi connectivity index (χ1) is 5.79. The Hall–Kier alpha value is -0.330. The lowest BCUT2D eigenvalue weighted by Crippen LogP contribution is -2.35. The maximum atomic E-state index is 11.6. The normalized spacial score (nSPS) is 42.4. The van der Waals surface area contributed by atoms with Crippen molar-refractivity contribution in [2.75, 3.05) is 0 Å². The summed E-state index contributed by atoms with van der Waals surface area (Å²) in [6.07, 6.45) is 7.17. The Kier molecular flexibility index (Phi) is 2.20. The molecular weight excluding hydrogens is 148 g/mol. The standard InChI is InChI=1S/C11H18O/c1-8-6-7-11(12)10-5-3-2-4-9(8)10/h8-10H,2-7H2,1H3/t8-,9-,10-/m0/s1. The van der Waals surface area contributed by atoms with Gasteiger partial charge < -0.3 is 0 Å². The second-order valence-corrected chi connectivity index (χ2v) is 4.54. The first kappa shape index (κ1) is 8.28. The first-order valence-corrected chi connectivity index (χ1v) is 5.32. The average molecular weight is 166 g/mol. The fourth-order valence-corrected chi connectivity index (χ4v) is 3.01. The van der Waals surface area contributed by atoms with Crippen LogP contribution in [0.25, 0.3) is 0 Å². The van der Waals surface area contributed by atoms with E-state index in [2.05, 4.69) is 6.92 Å². The van der Waals surface area contributed by atoms with Gasteiger partial charge in [0.05, 0.1) is 0 Å². The fraction of sp³-hybridized carbons (Fsp3) is 0.909. The number of hydrogen-bond acceptors (Lipinski definition) is 1. The second kappa shape index (κ2) is 3.20. The van der Waals surface area contributed by atoms with E-state index in [-0.39, 0.29) is 0 Å². The quantitative estimate of drug-likeness (QED) is 0.541. The van der Waals surface area contributed by atoms with E-state index < -0.39 is 0 Å². The van der Waals surface area contributed by atoms with Crippen LogP contribution in [0.15, 0.2) is 0 Å². The van der Waals surface area contributed by atoms with Crippen LogP contribution in [-0.2, 0) is 4.79 Å². The summed E-state index contributed by atoms with van der Waals surface area (Å²) in [6, 6.07) is 0. The van der Waals surface area contributed by atoms with Crippen LogP contribution in [-0.4, -0.2) is 5.78 Å². The zero-order chi connectivity index (χ0) is 8.55. The van der Waals surface area contributed by atoms with E-state index in [0.29, 0.717) is 11.7 Å². The Balaban J connectivity index is 2.11. The molecule has 0 amide bonds. The van der Waals surface area contributed by atoms with Gasteiger partial charge in [-0.1, -0.05) is 19.8 Å². The molecule has 0 aromatic carbocycles. The summed E-state index contributed by atoms with van der Waals surface area (Å²) in [6.45, 7) is 2.33. The third kappa shape index (κ3) is 1.30. The molecule has 2 saturated carbocycles. The number of carbonyl (C=O) groups excluding carboxylic acids is 1. The van der Waals surface area contributed by atoms with Gasteiger partial charge in [0.1, 0.15) is 5.78 Å². The molecule has 12 heavy (non-hydrogen) atoms. The van der Waals surface area contributed by atoms with Gasteiger partial charge in [0.25, 0.3) is 0 Å². The summed E-state index contributed by atoms with van der Waals surface area (Å²) < 4.78 is 0. The van der Waals surface area contributed by atoms with Crippen LogP contribution in [0.5, 0.6) is 0 Å². The molecule has 0 aliphatic heterocycles. The molecule has 68 valence electrons. The van der Waals surface area contributed by atoms with Gasteiger partial charge in [0.2, 0.25) is 0 Å². The van der Waals surface area contributed by atoms with Gasteiger partial charge in [-0.15, -0.1) is 0 Å². The minimum absolute atomic E-state index is 0.461. The molecular formula is C11H18O. The van der Waals surface area contributed by atoms with Crippen LogP contribution in [0.4, 0.5) is 0 Å². The fourth-order valence-electron chi connectivity index (χ4n) is 3.01. The van der Waals surface area contributed by atoms with Gasteiger partial charge >= 0.3 is 0 Å². The van der Waals surface area contributed by atoms with E-state index in [0.717, 1.165) is 24.7 Å². The molecule has 2 fully saturated rings. The third-order valence-corrected chi connectivity index (χ3v) is 3.81. The van der Waals surface area contributed by atoms with Gasteiger partial charge in [-0.05, 0) is 31.1 Å². The molecule has 2 aliphatic carbocycles. The molecule has 0 radical (unpaired) electrons. The van der Waals surface area contributed by atoms with Crippen molar-refractivity contribution in [3.63, 3.8) is 0 Å². The molecule has 0 bridgehead atoms. The second-order valence-electron chi connectivity index (χ2n) is 4.54. The van der Waals surface area contributed by atoms with Crippen LogP contribution in [0.3, 0.4) is 0 Å². The summed E-state index contributed by atoms with van der Waals surface area (Å²) in [5.74, 6) is 2.59. The molecule has 2 rings (SSSR count). The number of Topliss-reactive ketones (excluding diaryl/α,β-unsaturated/α-hetero) is 1. The van der Waals surface area contributed by atoms with E-state index >= 15 is 0 Å². The first-order valence-electron chi connectivity index (χ1n) is 5.32. The van der Waals surface area contributed by atoms with E-state index in [1.807, 2.05) is 0 Å². The molecule has 0 heterocycles. The van der Waals surface area contributed by atoms with Crippen LogP contribution < -0.4 is 0 Å². The zero-order valence-electron chi connectivity index (χ0n) is 7.88. The van der Waals surface area contributed by atoms with Crippen molar-refractivity contribution in [1.29, 1.82) is 0 Å². The van der Waals surface area contributed by atoms with E-state index in [4.69, 9.17) is 0 Å². The van der Waals surface area contributed by atoms with Gasteiger partial charge in [0.15, 0.2) is 0 Å².